The minimum absolute atomic E-state index is 0.00976. The summed E-state index contributed by atoms with van der Waals surface area (Å²) in [4.78, 5) is 11.1. The maximum absolute atomic E-state index is 12.1. The molecule has 1 aromatic rings. The van der Waals surface area contributed by atoms with Crippen molar-refractivity contribution in [2.75, 3.05) is 5.75 Å². The number of hydrogen-bond acceptors (Lipinski definition) is 4. The number of nitriles is 1. The average molecular weight is 281 g/mol. The van der Waals surface area contributed by atoms with E-state index in [1.807, 2.05) is 6.07 Å². The van der Waals surface area contributed by atoms with Gasteiger partial charge in [0.2, 0.25) is 0 Å². The highest BCUT2D eigenvalue weighted by molar-refractivity contribution is 7.91. The van der Waals surface area contributed by atoms with Crippen LogP contribution in [-0.2, 0) is 9.84 Å². The second-order valence-electron chi connectivity index (χ2n) is 4.32. The highest BCUT2D eigenvalue weighted by atomic mass is 32.2. The lowest BCUT2D eigenvalue weighted by atomic mass is 10.1. The molecular formula is C13H15NO4S. The van der Waals surface area contributed by atoms with Crippen molar-refractivity contribution in [1.82, 2.24) is 0 Å². The van der Waals surface area contributed by atoms with E-state index in [0.29, 0.717) is 11.1 Å². The highest BCUT2D eigenvalue weighted by Gasteiger charge is 2.20. The molecule has 6 heteroatoms. The van der Waals surface area contributed by atoms with Crippen molar-refractivity contribution in [3.63, 3.8) is 0 Å². The average Bonchev–Trinajstić information content (AvgIpc) is 2.28. The number of aryl methyl sites for hydroxylation is 2. The zero-order valence-corrected chi connectivity index (χ0v) is 11.6. The second kappa shape index (κ2) is 5.85. The third kappa shape index (κ3) is 3.55. The van der Waals surface area contributed by atoms with Gasteiger partial charge in [0.25, 0.3) is 0 Å². The van der Waals surface area contributed by atoms with Gasteiger partial charge >= 0.3 is 5.97 Å². The molecule has 1 aromatic carbocycles. The molecule has 0 aliphatic rings. The maximum atomic E-state index is 12.1. The Morgan fingerprint density at radius 3 is 2.47 bits per heavy atom. The topological polar surface area (TPSA) is 95.2 Å². The number of nitrogens with zero attached hydrogens (tertiary/aromatic N) is 1. The van der Waals surface area contributed by atoms with Crippen LogP contribution in [0.3, 0.4) is 0 Å². The van der Waals surface area contributed by atoms with Gasteiger partial charge in [-0.25, -0.2) is 13.2 Å². The molecule has 1 rings (SSSR count). The van der Waals surface area contributed by atoms with Crippen molar-refractivity contribution >= 4 is 15.8 Å². The Bertz CT molecular complexity index is 641. The minimum atomic E-state index is -3.55. The normalized spacial score (nSPS) is 11.0. The Labute approximate surface area is 112 Å². The fourth-order valence-electron chi connectivity index (χ4n) is 1.85. The molecule has 0 aliphatic carbocycles. The van der Waals surface area contributed by atoms with Crippen LogP contribution in [0, 0.1) is 25.2 Å². The van der Waals surface area contributed by atoms with Gasteiger partial charge in [-0.3, -0.25) is 0 Å². The van der Waals surface area contributed by atoms with Gasteiger partial charge < -0.3 is 5.11 Å². The smallest absolute Gasteiger partial charge is 0.335 e. The summed E-state index contributed by atoms with van der Waals surface area (Å²) in [6, 6.07) is 4.65. The van der Waals surface area contributed by atoms with E-state index in [2.05, 4.69) is 0 Å². The standard InChI is InChI=1S/C13H15NO4S/c1-9-7-10(2)12(8-11(9)13(15)16)19(17,18)6-4-3-5-14/h7-8H,3-4,6H2,1-2H3,(H,15,16). The number of benzene rings is 1. The van der Waals surface area contributed by atoms with E-state index in [4.69, 9.17) is 10.4 Å². The van der Waals surface area contributed by atoms with Gasteiger partial charge in [0.15, 0.2) is 9.84 Å². The Kier molecular flexibility index (Phi) is 4.67. The van der Waals surface area contributed by atoms with Crippen LogP contribution in [0.2, 0.25) is 0 Å². The molecule has 0 radical (unpaired) electrons. The van der Waals surface area contributed by atoms with E-state index < -0.39 is 15.8 Å². The summed E-state index contributed by atoms with van der Waals surface area (Å²) in [5.41, 5.74) is 1.05. The van der Waals surface area contributed by atoms with E-state index in [1.165, 1.54) is 6.07 Å². The number of rotatable bonds is 5. The van der Waals surface area contributed by atoms with Crippen LogP contribution < -0.4 is 0 Å². The number of aromatic carboxylic acids is 1. The van der Waals surface area contributed by atoms with Crippen molar-refractivity contribution in [3.05, 3.63) is 28.8 Å². The number of carboxylic acid groups (broad SMARTS) is 1. The Balaban J connectivity index is 3.24. The molecule has 0 saturated heterocycles. The molecule has 0 spiro atoms. The number of unbranched alkanes of at least 4 members (excludes halogenated alkanes) is 1. The SMILES string of the molecule is Cc1cc(C)c(S(=O)(=O)CCCC#N)cc1C(=O)O. The van der Waals surface area contributed by atoms with Crippen LogP contribution >= 0.6 is 0 Å². The van der Waals surface area contributed by atoms with E-state index >= 15 is 0 Å². The molecule has 102 valence electrons. The lowest BCUT2D eigenvalue weighted by Gasteiger charge is -2.10. The van der Waals surface area contributed by atoms with Crippen LogP contribution in [0.15, 0.2) is 17.0 Å². The van der Waals surface area contributed by atoms with Gasteiger partial charge in [-0.1, -0.05) is 6.07 Å². The van der Waals surface area contributed by atoms with Crippen molar-refractivity contribution in [1.29, 1.82) is 5.26 Å². The first-order chi connectivity index (χ1) is 8.79. The minimum Gasteiger partial charge on any atom is -0.478 e. The highest BCUT2D eigenvalue weighted by Crippen LogP contribution is 2.22. The molecule has 0 fully saturated rings. The monoisotopic (exact) mass is 281 g/mol. The van der Waals surface area contributed by atoms with E-state index in [-0.39, 0.29) is 29.1 Å². The second-order valence-corrected chi connectivity index (χ2v) is 6.40. The summed E-state index contributed by atoms with van der Waals surface area (Å²) in [6.45, 7) is 3.26. The van der Waals surface area contributed by atoms with Gasteiger partial charge in [0, 0.05) is 6.42 Å². The zero-order valence-electron chi connectivity index (χ0n) is 10.8. The summed E-state index contributed by atoms with van der Waals surface area (Å²) in [7, 11) is -3.55. The fourth-order valence-corrected chi connectivity index (χ4v) is 3.44. The lowest BCUT2D eigenvalue weighted by Crippen LogP contribution is -2.11. The zero-order chi connectivity index (χ0) is 14.6. The summed E-state index contributed by atoms with van der Waals surface area (Å²) in [5.74, 6) is -1.30. The number of sulfone groups is 1. The molecule has 0 aromatic heterocycles. The predicted molar refractivity (Wildman–Crippen MR) is 69.8 cm³/mol. The van der Waals surface area contributed by atoms with E-state index in [9.17, 15) is 13.2 Å². The quantitative estimate of drug-likeness (QED) is 0.834. The third-order valence-corrected chi connectivity index (χ3v) is 4.73. The molecule has 1 N–H and O–H groups in total. The molecule has 0 saturated carbocycles. The summed E-state index contributed by atoms with van der Waals surface area (Å²) in [6.07, 6.45) is 0.407. The van der Waals surface area contributed by atoms with Crippen LogP contribution in [0.4, 0.5) is 0 Å². The van der Waals surface area contributed by atoms with Crippen LogP contribution in [0.25, 0.3) is 0 Å². The van der Waals surface area contributed by atoms with E-state index in [1.54, 1.807) is 19.9 Å². The van der Waals surface area contributed by atoms with Gasteiger partial charge in [0.1, 0.15) is 0 Å². The molecule has 0 atom stereocenters. The number of carboxylic acids is 1. The molecular weight excluding hydrogens is 266 g/mol. The molecule has 0 heterocycles. The molecule has 5 nitrogen and oxygen atoms in total. The first-order valence-electron chi connectivity index (χ1n) is 5.74. The predicted octanol–water partition coefficient (Wildman–Crippen LogP) is 2.08. The van der Waals surface area contributed by atoms with Crippen molar-refractivity contribution in [2.45, 2.75) is 31.6 Å². The Morgan fingerprint density at radius 2 is 1.95 bits per heavy atom. The summed E-state index contributed by atoms with van der Waals surface area (Å²) >= 11 is 0. The molecule has 0 unspecified atom stereocenters. The van der Waals surface area contributed by atoms with Crippen molar-refractivity contribution in [3.8, 4) is 6.07 Å². The third-order valence-electron chi connectivity index (χ3n) is 2.79. The van der Waals surface area contributed by atoms with Gasteiger partial charge in [-0.15, -0.1) is 0 Å². The Morgan fingerprint density at radius 1 is 1.32 bits per heavy atom. The van der Waals surface area contributed by atoms with Gasteiger partial charge in [0.05, 0.1) is 22.3 Å². The first-order valence-corrected chi connectivity index (χ1v) is 7.39. The largest absolute Gasteiger partial charge is 0.478 e. The molecule has 0 amide bonds. The van der Waals surface area contributed by atoms with Crippen LogP contribution in [-0.4, -0.2) is 25.2 Å². The van der Waals surface area contributed by atoms with Crippen molar-refractivity contribution < 1.29 is 18.3 Å². The fraction of sp³-hybridized carbons (Fsp3) is 0.385. The van der Waals surface area contributed by atoms with Crippen molar-refractivity contribution in [2.24, 2.45) is 0 Å². The van der Waals surface area contributed by atoms with Crippen LogP contribution in [0.1, 0.15) is 34.3 Å². The number of carbonyl (C=O) groups is 1. The van der Waals surface area contributed by atoms with Gasteiger partial charge in [-0.05, 0) is 37.5 Å². The maximum Gasteiger partial charge on any atom is 0.335 e. The molecule has 19 heavy (non-hydrogen) atoms. The summed E-state index contributed by atoms with van der Waals surface area (Å²) < 4.78 is 24.2. The number of hydrogen-bond donors (Lipinski definition) is 1. The lowest BCUT2D eigenvalue weighted by molar-refractivity contribution is 0.0696. The first kappa shape index (κ1) is 15.2. The van der Waals surface area contributed by atoms with Crippen LogP contribution in [0.5, 0.6) is 0 Å². The van der Waals surface area contributed by atoms with Gasteiger partial charge in [-0.2, -0.15) is 5.26 Å². The summed E-state index contributed by atoms with van der Waals surface area (Å²) in [5, 5.41) is 17.4. The van der Waals surface area contributed by atoms with E-state index in [0.717, 1.165) is 0 Å². The molecule has 0 bridgehead atoms. The Hall–Kier alpha value is -1.87. The molecule has 0 aliphatic heterocycles.